The second-order valence-corrected chi connectivity index (χ2v) is 6.20. The molecule has 22 heavy (non-hydrogen) atoms. The maximum absolute atomic E-state index is 13.2. The summed E-state index contributed by atoms with van der Waals surface area (Å²) in [7, 11) is 0. The molecule has 0 saturated carbocycles. The van der Waals surface area contributed by atoms with E-state index in [0.29, 0.717) is 11.6 Å². The zero-order valence-corrected chi connectivity index (χ0v) is 12.8. The van der Waals surface area contributed by atoms with Crippen molar-refractivity contribution < 1.29 is 9.50 Å². The molecule has 1 aromatic heterocycles. The number of aliphatic hydroxyl groups is 1. The Labute approximate surface area is 134 Å². The predicted octanol–water partition coefficient (Wildman–Crippen LogP) is 3.27. The van der Waals surface area contributed by atoms with Gasteiger partial charge in [0.05, 0.1) is 12.3 Å². The van der Waals surface area contributed by atoms with E-state index < -0.39 is 11.9 Å². The number of pyridine rings is 1. The minimum absolute atomic E-state index is 0.0686. The number of halogens is 2. The van der Waals surface area contributed by atoms with Gasteiger partial charge in [-0.3, -0.25) is 4.98 Å². The minimum Gasteiger partial charge on any atom is -0.387 e. The quantitative estimate of drug-likeness (QED) is 0.909. The summed E-state index contributed by atoms with van der Waals surface area (Å²) in [6, 6.07) is 9.39. The molecule has 1 fully saturated rings. The highest BCUT2D eigenvalue weighted by atomic mass is 35.5. The van der Waals surface area contributed by atoms with E-state index in [9.17, 15) is 9.50 Å². The van der Waals surface area contributed by atoms with Crippen LogP contribution >= 0.6 is 11.6 Å². The monoisotopic (exact) mass is 320 g/mol. The molecule has 3 rings (SSSR count). The number of benzene rings is 1. The second kappa shape index (κ2) is 6.73. The number of aliphatic hydroxyl groups excluding tert-OH is 1. The van der Waals surface area contributed by atoms with E-state index in [1.807, 2.05) is 24.3 Å². The molecule has 116 valence electrons. The Balaban J connectivity index is 1.61. The Morgan fingerprint density at radius 1 is 1.27 bits per heavy atom. The van der Waals surface area contributed by atoms with Crippen LogP contribution in [0.5, 0.6) is 0 Å². The molecule has 1 aliphatic heterocycles. The Kier molecular flexibility index (Phi) is 4.71. The van der Waals surface area contributed by atoms with Gasteiger partial charge in [0.1, 0.15) is 5.82 Å². The van der Waals surface area contributed by atoms with E-state index in [0.717, 1.165) is 30.5 Å². The standard InChI is InChI=1S/C17H18ClFN2O/c18-13-3-1-11(2-4-13)7-15-5-6-16(21-15)17(22)12-8-14(19)10-20-9-12/h1-4,8-10,15-17,21-22H,5-7H2/t15-,16-,17+/m1/s1. The Morgan fingerprint density at radius 2 is 2.05 bits per heavy atom. The fraction of sp³-hybridized carbons (Fsp3) is 0.353. The number of nitrogens with one attached hydrogen (secondary N) is 1. The Bertz CT molecular complexity index is 635. The lowest BCUT2D eigenvalue weighted by atomic mass is 10.0. The minimum atomic E-state index is -0.738. The van der Waals surface area contributed by atoms with Crippen molar-refractivity contribution >= 4 is 11.6 Å². The summed E-state index contributed by atoms with van der Waals surface area (Å²) in [5.41, 5.74) is 1.73. The molecule has 1 aromatic carbocycles. The van der Waals surface area contributed by atoms with Crippen LogP contribution in [0.15, 0.2) is 42.7 Å². The van der Waals surface area contributed by atoms with Crippen molar-refractivity contribution in [3.8, 4) is 0 Å². The number of aromatic nitrogens is 1. The number of rotatable bonds is 4. The van der Waals surface area contributed by atoms with Crippen molar-refractivity contribution in [3.63, 3.8) is 0 Å². The summed E-state index contributed by atoms with van der Waals surface area (Å²) >= 11 is 5.89. The first-order valence-electron chi connectivity index (χ1n) is 7.41. The molecule has 2 N–H and O–H groups in total. The van der Waals surface area contributed by atoms with Crippen molar-refractivity contribution in [2.24, 2.45) is 0 Å². The van der Waals surface area contributed by atoms with Gasteiger partial charge in [-0.1, -0.05) is 23.7 Å². The van der Waals surface area contributed by atoms with E-state index >= 15 is 0 Å². The largest absolute Gasteiger partial charge is 0.387 e. The molecule has 2 aromatic rings. The summed E-state index contributed by atoms with van der Waals surface area (Å²) in [5, 5.41) is 14.5. The van der Waals surface area contributed by atoms with Crippen LogP contribution in [0.1, 0.15) is 30.1 Å². The highest BCUT2D eigenvalue weighted by Crippen LogP contribution is 2.26. The maximum atomic E-state index is 13.2. The molecule has 2 heterocycles. The lowest BCUT2D eigenvalue weighted by Gasteiger charge is -2.20. The Morgan fingerprint density at radius 3 is 2.77 bits per heavy atom. The zero-order valence-electron chi connectivity index (χ0n) is 12.0. The van der Waals surface area contributed by atoms with Gasteiger partial charge in [-0.15, -0.1) is 0 Å². The van der Waals surface area contributed by atoms with Gasteiger partial charge < -0.3 is 10.4 Å². The summed E-state index contributed by atoms with van der Waals surface area (Å²) < 4.78 is 13.2. The van der Waals surface area contributed by atoms with Gasteiger partial charge in [0.2, 0.25) is 0 Å². The van der Waals surface area contributed by atoms with Crippen LogP contribution in [0.4, 0.5) is 4.39 Å². The fourth-order valence-electron chi connectivity index (χ4n) is 2.99. The maximum Gasteiger partial charge on any atom is 0.141 e. The summed E-state index contributed by atoms with van der Waals surface area (Å²) in [6.07, 6.45) is 4.65. The van der Waals surface area contributed by atoms with E-state index in [1.165, 1.54) is 17.8 Å². The molecule has 5 heteroatoms. The summed E-state index contributed by atoms with van der Waals surface area (Å²) in [6.45, 7) is 0. The lowest BCUT2D eigenvalue weighted by Crippen LogP contribution is -2.35. The number of nitrogens with zero attached hydrogens (tertiary/aromatic N) is 1. The molecular weight excluding hydrogens is 303 g/mol. The highest BCUT2D eigenvalue weighted by Gasteiger charge is 2.30. The molecule has 0 radical (unpaired) electrons. The van der Waals surface area contributed by atoms with E-state index in [1.54, 1.807) is 0 Å². The van der Waals surface area contributed by atoms with Crippen molar-refractivity contribution in [1.29, 1.82) is 0 Å². The lowest BCUT2D eigenvalue weighted by molar-refractivity contribution is 0.134. The van der Waals surface area contributed by atoms with E-state index in [2.05, 4.69) is 10.3 Å². The topological polar surface area (TPSA) is 45.2 Å². The molecular formula is C17H18ClFN2O. The van der Waals surface area contributed by atoms with Gasteiger partial charge in [0, 0.05) is 28.9 Å². The van der Waals surface area contributed by atoms with E-state index in [4.69, 9.17) is 11.6 Å². The number of hydrogen-bond donors (Lipinski definition) is 2. The SMILES string of the molecule is O[C@@H](c1cncc(F)c1)[C@H]1CC[C@H](Cc2ccc(Cl)cc2)N1. The second-order valence-electron chi connectivity index (χ2n) is 5.76. The van der Waals surface area contributed by atoms with Crippen LogP contribution in [0.25, 0.3) is 0 Å². The van der Waals surface area contributed by atoms with Gasteiger partial charge in [0.15, 0.2) is 0 Å². The first kappa shape index (κ1) is 15.4. The molecule has 0 aliphatic carbocycles. The molecule has 3 atom stereocenters. The van der Waals surface area contributed by atoms with Crippen LogP contribution < -0.4 is 5.32 Å². The molecule has 3 nitrogen and oxygen atoms in total. The van der Waals surface area contributed by atoms with Crippen LogP contribution in [0.3, 0.4) is 0 Å². The molecule has 0 spiro atoms. The smallest absolute Gasteiger partial charge is 0.141 e. The first-order valence-corrected chi connectivity index (χ1v) is 7.78. The van der Waals surface area contributed by atoms with Crippen LogP contribution in [-0.4, -0.2) is 22.2 Å². The molecule has 0 unspecified atom stereocenters. The average Bonchev–Trinajstić information content (AvgIpc) is 2.97. The number of hydrogen-bond acceptors (Lipinski definition) is 3. The molecule has 0 bridgehead atoms. The molecule has 1 aliphatic rings. The van der Waals surface area contributed by atoms with Crippen LogP contribution in [0, 0.1) is 5.82 Å². The molecule has 0 amide bonds. The van der Waals surface area contributed by atoms with Gasteiger partial charge in [-0.05, 0) is 43.0 Å². The third-order valence-electron chi connectivity index (χ3n) is 4.12. The van der Waals surface area contributed by atoms with E-state index in [-0.39, 0.29) is 6.04 Å². The summed E-state index contributed by atoms with van der Waals surface area (Å²) in [5.74, 6) is -0.424. The van der Waals surface area contributed by atoms with Crippen molar-refractivity contribution in [2.75, 3.05) is 0 Å². The van der Waals surface area contributed by atoms with Gasteiger partial charge >= 0.3 is 0 Å². The van der Waals surface area contributed by atoms with Gasteiger partial charge in [-0.2, -0.15) is 0 Å². The third kappa shape index (κ3) is 3.64. The van der Waals surface area contributed by atoms with Gasteiger partial charge in [0.25, 0.3) is 0 Å². The zero-order chi connectivity index (χ0) is 15.5. The Hall–Kier alpha value is -1.49. The average molecular weight is 321 g/mol. The first-order chi connectivity index (χ1) is 10.6. The van der Waals surface area contributed by atoms with Gasteiger partial charge in [-0.25, -0.2) is 4.39 Å². The summed E-state index contributed by atoms with van der Waals surface area (Å²) in [4.78, 5) is 3.80. The van der Waals surface area contributed by atoms with Crippen LogP contribution in [0.2, 0.25) is 5.02 Å². The fourth-order valence-corrected chi connectivity index (χ4v) is 3.11. The predicted molar refractivity (Wildman–Crippen MR) is 84.3 cm³/mol. The molecule has 1 saturated heterocycles. The van der Waals surface area contributed by atoms with Crippen LogP contribution in [-0.2, 0) is 6.42 Å². The van der Waals surface area contributed by atoms with Crippen molar-refractivity contribution in [1.82, 2.24) is 10.3 Å². The van der Waals surface area contributed by atoms with Crippen molar-refractivity contribution in [2.45, 2.75) is 37.5 Å². The normalized spacial score (nSPS) is 22.7. The van der Waals surface area contributed by atoms with Crippen molar-refractivity contribution in [3.05, 3.63) is 64.7 Å². The third-order valence-corrected chi connectivity index (χ3v) is 4.37. The highest BCUT2D eigenvalue weighted by molar-refractivity contribution is 6.30.